The van der Waals surface area contributed by atoms with Gasteiger partial charge in [0.25, 0.3) is 0 Å². The Morgan fingerprint density at radius 1 is 1.03 bits per heavy atom. The predicted octanol–water partition coefficient (Wildman–Crippen LogP) is -1.21. The Morgan fingerprint density at radius 3 is 2.14 bits per heavy atom. The van der Waals surface area contributed by atoms with E-state index < -0.39 is 59.7 Å². The van der Waals surface area contributed by atoms with Gasteiger partial charge in [-0.2, -0.15) is 0 Å². The van der Waals surface area contributed by atoms with Crippen LogP contribution in [0.4, 0.5) is 0 Å². The lowest BCUT2D eigenvalue weighted by Crippen LogP contribution is -2.59. The van der Waals surface area contributed by atoms with Crippen molar-refractivity contribution in [1.82, 2.24) is 25.9 Å². The molecule has 0 radical (unpaired) electrons. The average molecular weight is 496 g/mol. The first-order valence-corrected chi connectivity index (χ1v) is 11.5. The van der Waals surface area contributed by atoms with Crippen molar-refractivity contribution in [3.63, 3.8) is 0 Å². The van der Waals surface area contributed by atoms with Crippen LogP contribution >= 0.6 is 0 Å². The highest BCUT2D eigenvalue weighted by Crippen LogP contribution is 2.11. The van der Waals surface area contributed by atoms with Crippen LogP contribution in [0.25, 0.3) is 0 Å². The minimum atomic E-state index is -1.20. The number of carboxylic acid groups (broad SMARTS) is 1. The lowest BCUT2D eigenvalue weighted by atomic mass is 9.96. The smallest absolute Gasteiger partial charge is 0.326 e. The van der Waals surface area contributed by atoms with Gasteiger partial charge in [0.1, 0.15) is 18.1 Å². The van der Waals surface area contributed by atoms with Crippen molar-refractivity contribution in [3.05, 3.63) is 18.2 Å². The van der Waals surface area contributed by atoms with Crippen LogP contribution in [0.1, 0.15) is 52.7 Å². The molecule has 5 unspecified atom stereocenters. The van der Waals surface area contributed by atoms with Gasteiger partial charge >= 0.3 is 5.97 Å². The van der Waals surface area contributed by atoms with E-state index in [1.54, 1.807) is 20.8 Å². The molecule has 35 heavy (non-hydrogen) atoms. The zero-order valence-electron chi connectivity index (χ0n) is 20.5. The molecule has 13 nitrogen and oxygen atoms in total. The van der Waals surface area contributed by atoms with Gasteiger partial charge in [-0.15, -0.1) is 0 Å². The van der Waals surface area contributed by atoms with Gasteiger partial charge in [-0.05, 0) is 18.3 Å². The quantitative estimate of drug-likeness (QED) is 0.156. The molecule has 4 amide bonds. The van der Waals surface area contributed by atoms with Gasteiger partial charge in [0, 0.05) is 24.7 Å². The van der Waals surface area contributed by atoms with E-state index >= 15 is 0 Å². The molecule has 1 heterocycles. The SMILES string of the molecule is CCC(C)C(NC(=O)C(N)CCC(N)=O)C(=O)NC(Cc1cnc[nH]1)C(=O)NC(C(=O)O)C(C)C. The summed E-state index contributed by atoms with van der Waals surface area (Å²) in [4.78, 5) is 68.0. The fraction of sp³-hybridized carbons (Fsp3) is 0.636. The van der Waals surface area contributed by atoms with Crippen LogP contribution in [0, 0.1) is 11.8 Å². The number of nitrogens with one attached hydrogen (secondary N) is 4. The Morgan fingerprint density at radius 2 is 1.66 bits per heavy atom. The Kier molecular flexibility index (Phi) is 11.9. The number of hydrogen-bond donors (Lipinski definition) is 7. The third-order valence-corrected chi connectivity index (χ3v) is 5.67. The highest BCUT2D eigenvalue weighted by atomic mass is 16.4. The first-order chi connectivity index (χ1) is 16.4. The summed E-state index contributed by atoms with van der Waals surface area (Å²) in [7, 11) is 0. The molecule has 0 aliphatic carbocycles. The van der Waals surface area contributed by atoms with E-state index in [0.29, 0.717) is 12.1 Å². The molecule has 0 fully saturated rings. The summed E-state index contributed by atoms with van der Waals surface area (Å²) >= 11 is 0. The molecule has 9 N–H and O–H groups in total. The monoisotopic (exact) mass is 495 g/mol. The standard InChI is InChI=1S/C22H37N7O6/c1-5-12(4)18(29-19(31)14(23)6-7-16(24)30)21(33)27-15(8-13-9-25-10-26-13)20(32)28-17(11(2)3)22(34)35/h9-12,14-15,17-18H,5-8,23H2,1-4H3,(H2,24,30)(H,25,26)(H,27,33)(H,28,32)(H,29,31)(H,34,35). The second-order valence-corrected chi connectivity index (χ2v) is 8.89. The molecule has 0 spiro atoms. The second-order valence-electron chi connectivity index (χ2n) is 8.89. The maximum absolute atomic E-state index is 13.2. The summed E-state index contributed by atoms with van der Waals surface area (Å²) in [5, 5.41) is 17.1. The minimum absolute atomic E-state index is 0.0152. The van der Waals surface area contributed by atoms with Crippen LogP contribution in [0.3, 0.4) is 0 Å². The number of primary amides is 1. The number of aromatic amines is 1. The van der Waals surface area contributed by atoms with Crippen molar-refractivity contribution in [1.29, 1.82) is 0 Å². The first kappa shape index (κ1) is 29.6. The van der Waals surface area contributed by atoms with Gasteiger partial charge in [-0.3, -0.25) is 19.2 Å². The number of nitrogens with zero attached hydrogens (tertiary/aromatic N) is 1. The molecule has 1 rings (SSSR count). The maximum Gasteiger partial charge on any atom is 0.326 e. The Bertz CT molecular complexity index is 874. The summed E-state index contributed by atoms with van der Waals surface area (Å²) in [5.74, 6) is -4.47. The normalized spacial score (nSPS) is 15.4. The van der Waals surface area contributed by atoms with E-state index in [1.165, 1.54) is 12.5 Å². The van der Waals surface area contributed by atoms with Crippen LogP contribution in [-0.4, -0.2) is 68.8 Å². The zero-order chi connectivity index (χ0) is 26.7. The van der Waals surface area contributed by atoms with Gasteiger partial charge in [-0.25, -0.2) is 9.78 Å². The molecule has 0 aliphatic heterocycles. The average Bonchev–Trinajstić information content (AvgIpc) is 3.30. The summed E-state index contributed by atoms with van der Waals surface area (Å²) < 4.78 is 0. The molecule has 1 aromatic rings. The highest BCUT2D eigenvalue weighted by molar-refractivity contribution is 5.94. The largest absolute Gasteiger partial charge is 0.480 e. The molecular formula is C22H37N7O6. The Hall–Kier alpha value is -3.48. The number of amides is 4. The van der Waals surface area contributed by atoms with E-state index in [9.17, 15) is 29.1 Å². The summed E-state index contributed by atoms with van der Waals surface area (Å²) in [6, 6.07) is -4.37. The molecule has 1 aromatic heterocycles. The number of carbonyl (C=O) groups excluding carboxylic acids is 4. The fourth-order valence-electron chi connectivity index (χ4n) is 3.25. The van der Waals surface area contributed by atoms with Crippen molar-refractivity contribution in [2.45, 2.75) is 77.5 Å². The molecule has 196 valence electrons. The van der Waals surface area contributed by atoms with Gasteiger partial charge in [0.05, 0.1) is 12.4 Å². The molecule has 13 heteroatoms. The van der Waals surface area contributed by atoms with Gasteiger partial charge in [-0.1, -0.05) is 34.1 Å². The van der Waals surface area contributed by atoms with Crippen molar-refractivity contribution >= 4 is 29.6 Å². The van der Waals surface area contributed by atoms with E-state index in [0.717, 1.165) is 0 Å². The third kappa shape index (κ3) is 9.73. The number of carbonyl (C=O) groups is 5. The number of aliphatic carboxylic acids is 1. The molecule has 0 bridgehead atoms. The number of hydrogen-bond acceptors (Lipinski definition) is 7. The van der Waals surface area contributed by atoms with Crippen molar-refractivity contribution in [3.8, 4) is 0 Å². The zero-order valence-corrected chi connectivity index (χ0v) is 20.5. The van der Waals surface area contributed by atoms with Crippen LogP contribution in [0.15, 0.2) is 12.5 Å². The third-order valence-electron chi connectivity index (χ3n) is 5.67. The Balaban J connectivity index is 3.06. The summed E-state index contributed by atoms with van der Waals surface area (Å²) in [6.07, 6.45) is 3.38. The number of aromatic nitrogens is 2. The van der Waals surface area contributed by atoms with Crippen LogP contribution in [0.2, 0.25) is 0 Å². The number of H-pyrrole nitrogens is 1. The summed E-state index contributed by atoms with van der Waals surface area (Å²) in [6.45, 7) is 6.89. The van der Waals surface area contributed by atoms with E-state index in [4.69, 9.17) is 11.5 Å². The lowest BCUT2D eigenvalue weighted by Gasteiger charge is -2.28. The summed E-state index contributed by atoms with van der Waals surface area (Å²) in [5.41, 5.74) is 11.5. The minimum Gasteiger partial charge on any atom is -0.480 e. The topological polar surface area (TPSA) is 222 Å². The van der Waals surface area contributed by atoms with Crippen LogP contribution < -0.4 is 27.4 Å². The molecule has 0 aliphatic rings. The number of rotatable bonds is 15. The van der Waals surface area contributed by atoms with Crippen LogP contribution in [0.5, 0.6) is 0 Å². The van der Waals surface area contributed by atoms with Gasteiger partial charge in [0.15, 0.2) is 0 Å². The van der Waals surface area contributed by atoms with Crippen molar-refractivity contribution in [2.75, 3.05) is 0 Å². The molecule has 0 aromatic carbocycles. The van der Waals surface area contributed by atoms with E-state index in [-0.39, 0.29) is 25.2 Å². The predicted molar refractivity (Wildman–Crippen MR) is 126 cm³/mol. The molecular weight excluding hydrogens is 458 g/mol. The number of nitrogens with two attached hydrogens (primary N) is 2. The number of carboxylic acids is 1. The highest BCUT2D eigenvalue weighted by Gasteiger charge is 2.33. The molecule has 5 atom stereocenters. The fourth-order valence-corrected chi connectivity index (χ4v) is 3.25. The van der Waals surface area contributed by atoms with E-state index in [2.05, 4.69) is 25.9 Å². The lowest BCUT2D eigenvalue weighted by molar-refractivity contribution is -0.143. The molecule has 0 saturated carbocycles. The second kappa shape index (κ2) is 14.0. The van der Waals surface area contributed by atoms with Gasteiger partial charge in [0.2, 0.25) is 23.6 Å². The Labute approximate surface area is 204 Å². The maximum atomic E-state index is 13.2. The van der Waals surface area contributed by atoms with E-state index in [1.807, 2.05) is 6.92 Å². The number of imidazole rings is 1. The van der Waals surface area contributed by atoms with Crippen LogP contribution in [-0.2, 0) is 30.4 Å². The molecule has 0 saturated heterocycles. The van der Waals surface area contributed by atoms with Crippen molar-refractivity contribution < 1.29 is 29.1 Å². The van der Waals surface area contributed by atoms with Crippen molar-refractivity contribution in [2.24, 2.45) is 23.3 Å². The first-order valence-electron chi connectivity index (χ1n) is 11.5. The van der Waals surface area contributed by atoms with Gasteiger partial charge < -0.3 is 37.5 Å².